The van der Waals surface area contributed by atoms with E-state index in [0.717, 1.165) is 25.0 Å². The van der Waals surface area contributed by atoms with Gasteiger partial charge in [-0.15, -0.1) is 0 Å². The average Bonchev–Trinajstić information content (AvgIpc) is 2.83. The van der Waals surface area contributed by atoms with Gasteiger partial charge in [0.25, 0.3) is 0 Å². The van der Waals surface area contributed by atoms with Crippen LogP contribution >= 0.6 is 12.2 Å². The van der Waals surface area contributed by atoms with Crippen LogP contribution in [0.25, 0.3) is 0 Å². The maximum Gasteiger partial charge on any atom is 0.328 e. The van der Waals surface area contributed by atoms with E-state index in [1.807, 2.05) is 37.3 Å². The molecular formula is C26H36N2O6S. The van der Waals surface area contributed by atoms with Gasteiger partial charge in [0, 0.05) is 12.3 Å². The van der Waals surface area contributed by atoms with Crippen LogP contribution in [0.5, 0.6) is 17.2 Å². The Morgan fingerprint density at radius 3 is 2.46 bits per heavy atom. The first-order valence-electron chi connectivity index (χ1n) is 11.9. The van der Waals surface area contributed by atoms with E-state index in [2.05, 4.69) is 17.2 Å². The minimum atomic E-state index is -1.10. The fraction of sp³-hybridized carbons (Fsp3) is 0.500. The highest BCUT2D eigenvalue weighted by molar-refractivity contribution is 7.80. The molecule has 2 rings (SSSR count). The number of hydrogen-bond donors (Lipinski definition) is 2. The molecule has 0 spiro atoms. The number of ether oxygens (including phenoxy) is 4. The number of esters is 1. The molecule has 192 valence electrons. The number of pyridine rings is 1. The van der Waals surface area contributed by atoms with Gasteiger partial charge in [-0.1, -0.05) is 50.2 Å². The molecule has 0 aliphatic rings. The van der Waals surface area contributed by atoms with Gasteiger partial charge < -0.3 is 29.4 Å². The molecule has 2 N–H and O–H groups in total. The highest BCUT2D eigenvalue weighted by atomic mass is 32.1. The van der Waals surface area contributed by atoms with Gasteiger partial charge in [-0.25, -0.2) is 9.78 Å². The number of carbonyl (C=O) groups excluding carboxylic acids is 1. The number of para-hydroxylation sites is 1. The number of unbranched alkanes of at least 4 members (excludes halogenated alkanes) is 2. The standard InChI is InChI=1S/C26H36N2O6S/c1-6-7-9-14-21(18(3)32-20-12-10-8-11-13-20)34-26(30)17(2)28-25(35)23-24(33-19(4)29)22(31-5)15-16-27-23/h8,10-13,15-19,21,29H,6-7,9,14H2,1-5H3,(H,28,35)/t17-,18-,19?,21+/m0/s1. The number of carbonyl (C=O) groups is 1. The van der Waals surface area contributed by atoms with Gasteiger partial charge in [-0.3, -0.25) is 0 Å². The van der Waals surface area contributed by atoms with Crippen molar-refractivity contribution >= 4 is 23.2 Å². The molecule has 0 saturated heterocycles. The molecule has 2 aromatic rings. The van der Waals surface area contributed by atoms with Gasteiger partial charge >= 0.3 is 5.97 Å². The Bertz CT molecular complexity index is 941. The molecule has 0 aliphatic heterocycles. The molecule has 4 atom stereocenters. The average molecular weight is 505 g/mol. The summed E-state index contributed by atoms with van der Waals surface area (Å²) < 4.78 is 22.6. The molecule has 1 aromatic carbocycles. The Morgan fingerprint density at radius 1 is 1.11 bits per heavy atom. The molecule has 0 fully saturated rings. The Labute approximate surface area is 213 Å². The molecule has 0 radical (unpaired) electrons. The van der Waals surface area contributed by atoms with E-state index in [9.17, 15) is 9.90 Å². The lowest BCUT2D eigenvalue weighted by Gasteiger charge is -2.27. The zero-order valence-corrected chi connectivity index (χ0v) is 21.8. The second-order valence-electron chi connectivity index (χ2n) is 8.21. The van der Waals surface area contributed by atoms with Crippen LogP contribution in [0.15, 0.2) is 42.6 Å². The summed E-state index contributed by atoms with van der Waals surface area (Å²) in [5.41, 5.74) is 0.250. The second-order valence-corrected chi connectivity index (χ2v) is 8.62. The Kier molecular flexibility index (Phi) is 11.7. The monoisotopic (exact) mass is 504 g/mol. The molecule has 0 aliphatic carbocycles. The number of methoxy groups -OCH3 is 1. The third kappa shape index (κ3) is 8.99. The third-order valence-corrected chi connectivity index (χ3v) is 5.55. The van der Waals surface area contributed by atoms with Gasteiger partial charge in [0.05, 0.1) is 7.11 Å². The predicted molar refractivity (Wildman–Crippen MR) is 138 cm³/mol. The van der Waals surface area contributed by atoms with Gasteiger partial charge in [0.1, 0.15) is 34.7 Å². The zero-order valence-electron chi connectivity index (χ0n) is 21.0. The van der Waals surface area contributed by atoms with Crippen LogP contribution in [0.2, 0.25) is 0 Å². The first-order chi connectivity index (χ1) is 16.8. The SMILES string of the molecule is CCCCC[C@@H](OC(=O)[C@H](C)NC(=S)c1nccc(OC)c1OC(C)O)[C@H](C)Oc1ccccc1. The largest absolute Gasteiger partial charge is 0.493 e. The Hall–Kier alpha value is -2.91. The van der Waals surface area contributed by atoms with E-state index in [-0.39, 0.29) is 22.5 Å². The van der Waals surface area contributed by atoms with E-state index in [1.54, 1.807) is 13.0 Å². The van der Waals surface area contributed by atoms with Crippen LogP contribution in [0.4, 0.5) is 0 Å². The van der Waals surface area contributed by atoms with Crippen molar-refractivity contribution < 1.29 is 28.8 Å². The van der Waals surface area contributed by atoms with E-state index in [0.29, 0.717) is 12.2 Å². The number of aromatic nitrogens is 1. The van der Waals surface area contributed by atoms with Crippen molar-refractivity contribution in [1.29, 1.82) is 0 Å². The van der Waals surface area contributed by atoms with Crippen LogP contribution in [-0.2, 0) is 9.53 Å². The van der Waals surface area contributed by atoms with Crippen LogP contribution in [-0.4, -0.2) is 52.7 Å². The number of aliphatic hydroxyl groups excluding tert-OH is 1. The summed E-state index contributed by atoms with van der Waals surface area (Å²) in [5.74, 6) is 0.806. The van der Waals surface area contributed by atoms with Crippen molar-refractivity contribution in [2.45, 2.75) is 77.9 Å². The number of nitrogens with one attached hydrogen (secondary N) is 1. The minimum Gasteiger partial charge on any atom is -0.493 e. The molecule has 0 bridgehead atoms. The van der Waals surface area contributed by atoms with Crippen molar-refractivity contribution in [3.05, 3.63) is 48.3 Å². The Morgan fingerprint density at radius 2 is 1.83 bits per heavy atom. The van der Waals surface area contributed by atoms with Gasteiger partial charge in [-0.05, 0) is 45.7 Å². The van der Waals surface area contributed by atoms with E-state index < -0.39 is 24.4 Å². The number of hydrogen-bond acceptors (Lipinski definition) is 8. The maximum absolute atomic E-state index is 13.0. The van der Waals surface area contributed by atoms with Crippen molar-refractivity contribution in [3.8, 4) is 17.2 Å². The summed E-state index contributed by atoms with van der Waals surface area (Å²) in [4.78, 5) is 17.4. The summed E-state index contributed by atoms with van der Waals surface area (Å²) in [6.45, 7) is 7.15. The first-order valence-corrected chi connectivity index (χ1v) is 12.3. The van der Waals surface area contributed by atoms with Crippen molar-refractivity contribution in [2.75, 3.05) is 7.11 Å². The highest BCUT2D eigenvalue weighted by Crippen LogP contribution is 2.30. The van der Waals surface area contributed by atoms with Gasteiger partial charge in [-0.2, -0.15) is 0 Å². The van der Waals surface area contributed by atoms with Crippen LogP contribution < -0.4 is 19.5 Å². The van der Waals surface area contributed by atoms with E-state index in [4.69, 9.17) is 31.2 Å². The van der Waals surface area contributed by atoms with Gasteiger partial charge in [0.15, 0.2) is 17.8 Å². The minimum absolute atomic E-state index is 0.167. The molecule has 0 amide bonds. The first kappa shape index (κ1) is 28.3. The Balaban J connectivity index is 2.09. The van der Waals surface area contributed by atoms with Crippen LogP contribution in [0, 0.1) is 0 Å². The number of nitrogens with zero attached hydrogens (tertiary/aromatic N) is 1. The van der Waals surface area contributed by atoms with E-state index in [1.165, 1.54) is 20.2 Å². The lowest BCUT2D eigenvalue weighted by atomic mass is 10.1. The van der Waals surface area contributed by atoms with E-state index >= 15 is 0 Å². The lowest BCUT2D eigenvalue weighted by molar-refractivity contribution is -0.155. The van der Waals surface area contributed by atoms with Crippen LogP contribution in [0.3, 0.4) is 0 Å². The molecule has 1 unspecified atom stereocenters. The predicted octanol–water partition coefficient (Wildman–Crippen LogP) is 4.42. The summed E-state index contributed by atoms with van der Waals surface area (Å²) >= 11 is 5.48. The highest BCUT2D eigenvalue weighted by Gasteiger charge is 2.27. The number of benzene rings is 1. The maximum atomic E-state index is 13.0. The summed E-state index contributed by atoms with van der Waals surface area (Å²) in [6.07, 6.45) is 3.36. The molecule has 0 saturated carbocycles. The normalized spacial score (nSPS) is 14.2. The number of rotatable bonds is 14. The fourth-order valence-electron chi connectivity index (χ4n) is 3.39. The zero-order chi connectivity index (χ0) is 25.8. The summed E-state index contributed by atoms with van der Waals surface area (Å²) in [7, 11) is 1.47. The fourth-order valence-corrected chi connectivity index (χ4v) is 3.71. The van der Waals surface area contributed by atoms with Crippen molar-refractivity contribution in [1.82, 2.24) is 10.3 Å². The molecule has 1 aromatic heterocycles. The molecule has 35 heavy (non-hydrogen) atoms. The quantitative estimate of drug-likeness (QED) is 0.168. The number of aliphatic hydroxyl groups is 1. The topological polar surface area (TPSA) is 99.1 Å². The molecule has 9 heteroatoms. The molecule has 8 nitrogen and oxygen atoms in total. The molecular weight excluding hydrogens is 468 g/mol. The van der Waals surface area contributed by atoms with Crippen LogP contribution in [0.1, 0.15) is 59.1 Å². The van der Waals surface area contributed by atoms with Gasteiger partial charge in [0.2, 0.25) is 0 Å². The smallest absolute Gasteiger partial charge is 0.328 e. The van der Waals surface area contributed by atoms with Crippen molar-refractivity contribution in [3.63, 3.8) is 0 Å². The van der Waals surface area contributed by atoms with Crippen molar-refractivity contribution in [2.24, 2.45) is 0 Å². The summed E-state index contributed by atoms with van der Waals surface area (Å²) in [6, 6.07) is 10.3. The summed E-state index contributed by atoms with van der Waals surface area (Å²) in [5, 5.41) is 12.7. The lowest BCUT2D eigenvalue weighted by Crippen LogP contribution is -2.43. The third-order valence-electron chi connectivity index (χ3n) is 5.24. The second kappa shape index (κ2) is 14.5. The molecule has 1 heterocycles. The number of thiocarbonyl (C=S) groups is 1.